The second-order valence-corrected chi connectivity index (χ2v) is 4.70. The van der Waals surface area contributed by atoms with Crippen LogP contribution in [0.3, 0.4) is 0 Å². The van der Waals surface area contributed by atoms with E-state index in [0.29, 0.717) is 12.1 Å². The van der Waals surface area contributed by atoms with E-state index in [2.05, 4.69) is 10.3 Å². The van der Waals surface area contributed by atoms with Gasteiger partial charge in [0.15, 0.2) is 0 Å². The Hall–Kier alpha value is -2.36. The smallest absolute Gasteiger partial charge is 0.337 e. The molecule has 1 aromatic heterocycles. The van der Waals surface area contributed by atoms with Crippen LogP contribution in [-0.2, 0) is 11.3 Å². The van der Waals surface area contributed by atoms with E-state index >= 15 is 0 Å². The van der Waals surface area contributed by atoms with Crippen LogP contribution in [0.2, 0.25) is 0 Å². The van der Waals surface area contributed by atoms with Crippen LogP contribution >= 0.6 is 0 Å². The van der Waals surface area contributed by atoms with Crippen molar-refractivity contribution in [3.8, 4) is 0 Å². The molecule has 0 amide bonds. The molecule has 20 heavy (non-hydrogen) atoms. The Labute approximate surface area is 118 Å². The molecule has 0 radical (unpaired) electrons. The monoisotopic (exact) mass is 270 g/mol. The van der Waals surface area contributed by atoms with Crippen molar-refractivity contribution in [1.82, 2.24) is 4.98 Å². The summed E-state index contributed by atoms with van der Waals surface area (Å²) in [6, 6.07) is 9.49. The lowest BCUT2D eigenvalue weighted by atomic mass is 10.1. The van der Waals surface area contributed by atoms with Gasteiger partial charge in [0, 0.05) is 11.9 Å². The second-order valence-electron chi connectivity index (χ2n) is 4.70. The standard InChI is InChI=1S/C16H18N2O2/c1-11-4-6-14(17-9-11)10-18-15-7-5-13(8-12(15)2)16(19)20-3/h4-9,18H,10H2,1-3H3. The predicted molar refractivity (Wildman–Crippen MR) is 78.8 cm³/mol. The van der Waals surface area contributed by atoms with Gasteiger partial charge in [-0.15, -0.1) is 0 Å². The number of nitrogens with zero attached hydrogens (tertiary/aromatic N) is 1. The van der Waals surface area contributed by atoms with Crippen LogP contribution < -0.4 is 5.32 Å². The summed E-state index contributed by atoms with van der Waals surface area (Å²) in [6.45, 7) is 4.62. The van der Waals surface area contributed by atoms with Crippen LogP contribution in [0.15, 0.2) is 36.5 Å². The van der Waals surface area contributed by atoms with Gasteiger partial charge in [0.05, 0.1) is 24.9 Å². The summed E-state index contributed by atoms with van der Waals surface area (Å²) in [7, 11) is 1.38. The normalized spacial score (nSPS) is 10.2. The second kappa shape index (κ2) is 6.19. The first-order valence-corrected chi connectivity index (χ1v) is 6.44. The summed E-state index contributed by atoms with van der Waals surface area (Å²) in [4.78, 5) is 15.8. The van der Waals surface area contributed by atoms with Crippen molar-refractivity contribution in [2.75, 3.05) is 12.4 Å². The fourth-order valence-electron chi connectivity index (χ4n) is 1.90. The Morgan fingerprint density at radius 3 is 2.65 bits per heavy atom. The van der Waals surface area contributed by atoms with Crippen LogP contribution in [0.25, 0.3) is 0 Å². The highest BCUT2D eigenvalue weighted by Gasteiger charge is 2.07. The van der Waals surface area contributed by atoms with Gasteiger partial charge in [-0.25, -0.2) is 4.79 Å². The molecule has 0 aliphatic carbocycles. The van der Waals surface area contributed by atoms with Crippen LogP contribution in [0, 0.1) is 13.8 Å². The molecule has 4 nitrogen and oxygen atoms in total. The number of methoxy groups -OCH3 is 1. The van der Waals surface area contributed by atoms with E-state index in [-0.39, 0.29) is 5.97 Å². The summed E-state index contributed by atoms with van der Waals surface area (Å²) in [5.41, 5.74) is 4.67. The largest absolute Gasteiger partial charge is 0.465 e. The molecule has 0 aliphatic heterocycles. The van der Waals surface area contributed by atoms with Gasteiger partial charge < -0.3 is 10.1 Å². The summed E-state index contributed by atoms with van der Waals surface area (Å²) < 4.78 is 4.70. The van der Waals surface area contributed by atoms with Crippen LogP contribution in [-0.4, -0.2) is 18.1 Å². The third-order valence-corrected chi connectivity index (χ3v) is 3.08. The first-order valence-electron chi connectivity index (χ1n) is 6.44. The van der Waals surface area contributed by atoms with Gasteiger partial charge in [-0.3, -0.25) is 4.98 Å². The first-order chi connectivity index (χ1) is 9.60. The summed E-state index contributed by atoms with van der Waals surface area (Å²) >= 11 is 0. The van der Waals surface area contributed by atoms with E-state index in [0.717, 1.165) is 22.5 Å². The molecule has 104 valence electrons. The molecule has 4 heteroatoms. The molecule has 0 saturated heterocycles. The zero-order valence-corrected chi connectivity index (χ0v) is 11.9. The average molecular weight is 270 g/mol. The van der Waals surface area contributed by atoms with Gasteiger partial charge >= 0.3 is 5.97 Å². The molecule has 0 saturated carbocycles. The highest BCUT2D eigenvalue weighted by Crippen LogP contribution is 2.17. The van der Waals surface area contributed by atoms with Gasteiger partial charge in [0.2, 0.25) is 0 Å². The molecule has 0 atom stereocenters. The van der Waals surface area contributed by atoms with Crippen molar-refractivity contribution in [1.29, 1.82) is 0 Å². The van der Waals surface area contributed by atoms with E-state index in [1.165, 1.54) is 7.11 Å². The molecule has 1 heterocycles. The van der Waals surface area contributed by atoms with E-state index < -0.39 is 0 Å². The summed E-state index contributed by atoms with van der Waals surface area (Å²) in [6.07, 6.45) is 1.85. The number of anilines is 1. The number of hydrogen-bond acceptors (Lipinski definition) is 4. The van der Waals surface area contributed by atoms with E-state index in [4.69, 9.17) is 4.74 Å². The zero-order chi connectivity index (χ0) is 14.5. The van der Waals surface area contributed by atoms with Crippen molar-refractivity contribution >= 4 is 11.7 Å². The van der Waals surface area contributed by atoms with Crippen LogP contribution in [0.4, 0.5) is 5.69 Å². The van der Waals surface area contributed by atoms with Gasteiger partial charge in [-0.05, 0) is 49.2 Å². The Balaban J connectivity index is 2.06. The number of rotatable bonds is 4. The lowest BCUT2D eigenvalue weighted by Crippen LogP contribution is -2.05. The minimum absolute atomic E-state index is 0.320. The topological polar surface area (TPSA) is 51.2 Å². The first kappa shape index (κ1) is 14.1. The molecular formula is C16H18N2O2. The summed E-state index contributed by atoms with van der Waals surface area (Å²) in [5, 5.41) is 3.32. The lowest BCUT2D eigenvalue weighted by Gasteiger charge is -2.10. The maximum atomic E-state index is 11.4. The maximum Gasteiger partial charge on any atom is 0.337 e. The Kier molecular flexibility index (Phi) is 4.35. The predicted octanol–water partition coefficient (Wildman–Crippen LogP) is 3.10. The molecule has 2 aromatic rings. The molecule has 0 fully saturated rings. The van der Waals surface area contributed by atoms with Crippen molar-refractivity contribution in [3.05, 3.63) is 58.9 Å². The number of nitrogens with one attached hydrogen (secondary N) is 1. The Bertz CT molecular complexity index is 606. The number of pyridine rings is 1. The molecule has 0 aliphatic rings. The number of aryl methyl sites for hydroxylation is 2. The Morgan fingerprint density at radius 1 is 1.25 bits per heavy atom. The molecule has 0 unspecified atom stereocenters. The number of esters is 1. The van der Waals surface area contributed by atoms with E-state index in [1.54, 1.807) is 6.07 Å². The quantitative estimate of drug-likeness (QED) is 0.867. The number of benzene rings is 1. The van der Waals surface area contributed by atoms with E-state index in [9.17, 15) is 4.79 Å². The number of carbonyl (C=O) groups excluding carboxylic acids is 1. The van der Waals surface area contributed by atoms with E-state index in [1.807, 2.05) is 44.3 Å². The third kappa shape index (κ3) is 3.35. The van der Waals surface area contributed by atoms with Gasteiger partial charge in [-0.2, -0.15) is 0 Å². The van der Waals surface area contributed by atoms with Gasteiger partial charge in [0.1, 0.15) is 0 Å². The molecule has 0 spiro atoms. The zero-order valence-electron chi connectivity index (χ0n) is 11.9. The lowest BCUT2D eigenvalue weighted by molar-refractivity contribution is 0.0600. The minimum atomic E-state index is -0.320. The number of hydrogen-bond donors (Lipinski definition) is 1. The number of aromatic nitrogens is 1. The molecular weight excluding hydrogens is 252 g/mol. The third-order valence-electron chi connectivity index (χ3n) is 3.08. The van der Waals surface area contributed by atoms with Gasteiger partial charge in [-0.1, -0.05) is 6.07 Å². The average Bonchev–Trinajstić information content (AvgIpc) is 2.46. The Morgan fingerprint density at radius 2 is 2.05 bits per heavy atom. The molecule has 0 bridgehead atoms. The molecule has 1 N–H and O–H groups in total. The van der Waals surface area contributed by atoms with Crippen molar-refractivity contribution in [2.45, 2.75) is 20.4 Å². The van der Waals surface area contributed by atoms with Crippen LogP contribution in [0.1, 0.15) is 27.2 Å². The molecule has 2 rings (SSSR count). The van der Waals surface area contributed by atoms with Crippen molar-refractivity contribution in [2.24, 2.45) is 0 Å². The number of ether oxygens (including phenoxy) is 1. The highest BCUT2D eigenvalue weighted by molar-refractivity contribution is 5.90. The van der Waals surface area contributed by atoms with Crippen molar-refractivity contribution in [3.63, 3.8) is 0 Å². The molecule has 1 aromatic carbocycles. The van der Waals surface area contributed by atoms with Crippen molar-refractivity contribution < 1.29 is 9.53 Å². The van der Waals surface area contributed by atoms with Gasteiger partial charge in [0.25, 0.3) is 0 Å². The fourth-order valence-corrected chi connectivity index (χ4v) is 1.90. The summed E-state index contributed by atoms with van der Waals surface area (Å²) in [5.74, 6) is -0.320. The fraction of sp³-hybridized carbons (Fsp3) is 0.250. The maximum absolute atomic E-state index is 11.4. The van der Waals surface area contributed by atoms with Crippen LogP contribution in [0.5, 0.6) is 0 Å². The highest BCUT2D eigenvalue weighted by atomic mass is 16.5. The minimum Gasteiger partial charge on any atom is -0.465 e. The number of carbonyl (C=O) groups is 1. The SMILES string of the molecule is COC(=O)c1ccc(NCc2ccc(C)cn2)c(C)c1.